The second kappa shape index (κ2) is 8.08. The number of anilines is 2. The number of hydrogen-bond donors (Lipinski definition) is 2. The van der Waals surface area contributed by atoms with Crippen LogP contribution in [0.2, 0.25) is 0 Å². The summed E-state index contributed by atoms with van der Waals surface area (Å²) in [5, 5.41) is 11.8. The second-order valence-electron chi connectivity index (χ2n) is 7.52. The van der Waals surface area contributed by atoms with Crippen LogP contribution >= 0.6 is 0 Å². The van der Waals surface area contributed by atoms with Gasteiger partial charge in [0.25, 0.3) is 0 Å². The maximum atomic E-state index is 6.18. The fourth-order valence-corrected chi connectivity index (χ4v) is 3.65. The zero-order valence-corrected chi connectivity index (χ0v) is 16.7. The zero-order valence-electron chi connectivity index (χ0n) is 16.7. The molecular weight excluding hydrogens is 378 g/mol. The van der Waals surface area contributed by atoms with Gasteiger partial charge in [0.1, 0.15) is 24.5 Å². The van der Waals surface area contributed by atoms with Crippen LogP contribution in [0.1, 0.15) is 17.5 Å². The van der Waals surface area contributed by atoms with Gasteiger partial charge in [0.15, 0.2) is 0 Å². The molecule has 2 aromatic carbocycles. The maximum absolute atomic E-state index is 6.18. The summed E-state index contributed by atoms with van der Waals surface area (Å²) >= 11 is 0. The third-order valence-electron chi connectivity index (χ3n) is 5.18. The molecule has 152 valence electrons. The van der Waals surface area contributed by atoms with E-state index in [1.54, 1.807) is 11.0 Å². The summed E-state index contributed by atoms with van der Waals surface area (Å²) in [4.78, 5) is 13.2. The summed E-state index contributed by atoms with van der Waals surface area (Å²) in [5.74, 6) is 1.44. The van der Waals surface area contributed by atoms with Crippen molar-refractivity contribution < 1.29 is 4.74 Å². The lowest BCUT2D eigenvalue weighted by Gasteiger charge is -2.15. The predicted molar refractivity (Wildman–Crippen MR) is 115 cm³/mol. The summed E-state index contributed by atoms with van der Waals surface area (Å²) in [7, 11) is 0. The van der Waals surface area contributed by atoms with Gasteiger partial charge in [0, 0.05) is 29.9 Å². The van der Waals surface area contributed by atoms with Crippen molar-refractivity contribution in [2.45, 2.75) is 26.0 Å². The summed E-state index contributed by atoms with van der Waals surface area (Å²) in [5.41, 5.74) is 3.99. The number of nitrogens with one attached hydrogen (secondary N) is 2. The molecule has 2 N–H and O–H groups in total. The summed E-state index contributed by atoms with van der Waals surface area (Å²) in [6.07, 6.45) is 6.33. The van der Waals surface area contributed by atoms with Crippen molar-refractivity contribution in [1.82, 2.24) is 30.0 Å². The van der Waals surface area contributed by atoms with Crippen LogP contribution in [0.25, 0.3) is 10.9 Å². The highest BCUT2D eigenvalue weighted by Gasteiger charge is 2.17. The number of nitrogens with zero attached hydrogens (tertiary/aromatic N) is 5. The van der Waals surface area contributed by atoms with Crippen LogP contribution in [-0.4, -0.2) is 43.9 Å². The minimum absolute atomic E-state index is 0.216. The molecule has 0 bridgehead atoms. The molecule has 0 spiro atoms. The predicted octanol–water partition coefficient (Wildman–Crippen LogP) is 3.06. The van der Waals surface area contributed by atoms with Crippen LogP contribution in [-0.2, 0) is 6.54 Å². The van der Waals surface area contributed by atoms with Gasteiger partial charge in [-0.1, -0.05) is 12.1 Å². The van der Waals surface area contributed by atoms with Gasteiger partial charge in [-0.25, -0.2) is 19.6 Å². The molecule has 0 radical (unpaired) electrons. The van der Waals surface area contributed by atoms with Crippen LogP contribution in [0, 0.1) is 6.92 Å². The van der Waals surface area contributed by atoms with Crippen LogP contribution in [0.15, 0.2) is 55.2 Å². The lowest BCUT2D eigenvalue weighted by Crippen LogP contribution is -2.20. The number of benzene rings is 2. The highest BCUT2D eigenvalue weighted by atomic mass is 16.5. The second-order valence-corrected chi connectivity index (χ2v) is 7.52. The standard InChI is InChI=1S/C22H23N7O/c1-15-7-17-10-25-22(28-20(17)9-21(15)30-19-5-6-23-11-19)27-18-4-2-3-16(8-18)12-29-14-24-13-26-29/h2-4,7-10,13-14,19,23H,5-6,11-12H2,1H3,(H,25,27,28)/t19-/m0/s1. The van der Waals surface area contributed by atoms with Crippen LogP contribution in [0.4, 0.5) is 11.6 Å². The third kappa shape index (κ3) is 4.08. The average Bonchev–Trinajstić information content (AvgIpc) is 3.43. The minimum Gasteiger partial charge on any atom is -0.489 e. The average molecular weight is 401 g/mol. The Balaban J connectivity index is 1.37. The van der Waals surface area contributed by atoms with Gasteiger partial charge in [-0.2, -0.15) is 5.10 Å². The van der Waals surface area contributed by atoms with Gasteiger partial charge >= 0.3 is 0 Å². The number of aromatic nitrogens is 5. The van der Waals surface area contributed by atoms with Gasteiger partial charge < -0.3 is 15.4 Å². The molecule has 30 heavy (non-hydrogen) atoms. The van der Waals surface area contributed by atoms with Crippen LogP contribution < -0.4 is 15.4 Å². The normalized spacial score (nSPS) is 16.1. The van der Waals surface area contributed by atoms with Gasteiger partial charge in [-0.05, 0) is 49.2 Å². The lowest BCUT2D eigenvalue weighted by atomic mass is 10.1. The first-order valence-corrected chi connectivity index (χ1v) is 10.1. The van der Waals surface area contributed by atoms with Crippen molar-refractivity contribution in [3.63, 3.8) is 0 Å². The summed E-state index contributed by atoms with van der Waals surface area (Å²) in [6, 6.07) is 12.2. The van der Waals surface area contributed by atoms with E-state index >= 15 is 0 Å². The quantitative estimate of drug-likeness (QED) is 0.513. The monoisotopic (exact) mass is 401 g/mol. The number of hydrogen-bond acceptors (Lipinski definition) is 7. The Hall–Kier alpha value is -3.52. The van der Waals surface area contributed by atoms with E-state index in [0.717, 1.165) is 53.0 Å². The van der Waals surface area contributed by atoms with E-state index in [2.05, 4.69) is 50.8 Å². The van der Waals surface area contributed by atoms with Gasteiger partial charge in [-0.3, -0.25) is 0 Å². The van der Waals surface area contributed by atoms with Crippen molar-refractivity contribution in [2.75, 3.05) is 18.4 Å². The largest absolute Gasteiger partial charge is 0.489 e. The number of fused-ring (bicyclic) bond motifs is 1. The van der Waals surface area contributed by atoms with Crippen LogP contribution in [0.3, 0.4) is 0 Å². The van der Waals surface area contributed by atoms with Crippen molar-refractivity contribution >= 4 is 22.5 Å². The molecule has 0 amide bonds. The summed E-state index contributed by atoms with van der Waals surface area (Å²) in [6.45, 7) is 4.61. The molecule has 0 unspecified atom stereocenters. The first-order valence-electron chi connectivity index (χ1n) is 10.1. The van der Waals surface area contributed by atoms with E-state index in [1.807, 2.05) is 24.4 Å². The van der Waals surface area contributed by atoms with Crippen LogP contribution in [0.5, 0.6) is 5.75 Å². The van der Waals surface area contributed by atoms with Gasteiger partial charge in [0.2, 0.25) is 5.95 Å². The first kappa shape index (κ1) is 18.5. The first-order chi connectivity index (χ1) is 14.7. The molecule has 1 aliphatic rings. The Kier molecular flexibility index (Phi) is 4.98. The van der Waals surface area contributed by atoms with E-state index in [9.17, 15) is 0 Å². The van der Waals surface area contributed by atoms with Crippen molar-refractivity contribution in [2.24, 2.45) is 0 Å². The maximum Gasteiger partial charge on any atom is 0.227 e. The fraction of sp³-hybridized carbons (Fsp3) is 0.273. The molecule has 5 rings (SSSR count). The molecule has 1 fully saturated rings. The molecule has 1 saturated heterocycles. The molecular formula is C22H23N7O. The smallest absolute Gasteiger partial charge is 0.227 e. The SMILES string of the molecule is Cc1cc2cnc(Nc3cccc(Cn4cncn4)c3)nc2cc1O[C@H]1CCNC1. The highest BCUT2D eigenvalue weighted by molar-refractivity contribution is 5.82. The molecule has 8 nitrogen and oxygen atoms in total. The van der Waals surface area contributed by atoms with E-state index in [-0.39, 0.29) is 6.10 Å². The molecule has 2 aromatic heterocycles. The van der Waals surface area contributed by atoms with Crippen molar-refractivity contribution in [1.29, 1.82) is 0 Å². The van der Waals surface area contributed by atoms with E-state index in [0.29, 0.717) is 12.5 Å². The van der Waals surface area contributed by atoms with Crippen molar-refractivity contribution in [3.8, 4) is 5.75 Å². The Labute approximate surface area is 174 Å². The highest BCUT2D eigenvalue weighted by Crippen LogP contribution is 2.27. The van der Waals surface area contributed by atoms with E-state index < -0.39 is 0 Å². The molecule has 4 aromatic rings. The lowest BCUT2D eigenvalue weighted by molar-refractivity contribution is 0.222. The Morgan fingerprint density at radius 3 is 3.07 bits per heavy atom. The van der Waals surface area contributed by atoms with Gasteiger partial charge in [0.05, 0.1) is 12.1 Å². The van der Waals surface area contributed by atoms with Crippen molar-refractivity contribution in [3.05, 3.63) is 66.4 Å². The molecule has 0 saturated carbocycles. The molecule has 1 aliphatic heterocycles. The Morgan fingerprint density at radius 2 is 2.23 bits per heavy atom. The molecule has 3 heterocycles. The number of rotatable bonds is 6. The minimum atomic E-state index is 0.216. The Bertz CT molecular complexity index is 1150. The molecule has 1 atom stereocenters. The topological polar surface area (TPSA) is 89.8 Å². The fourth-order valence-electron chi connectivity index (χ4n) is 3.65. The van der Waals surface area contributed by atoms with Gasteiger partial charge in [-0.15, -0.1) is 0 Å². The zero-order chi connectivity index (χ0) is 20.3. The van der Waals surface area contributed by atoms with E-state index in [4.69, 9.17) is 9.72 Å². The molecule has 0 aliphatic carbocycles. The Morgan fingerprint density at radius 1 is 1.27 bits per heavy atom. The van der Waals surface area contributed by atoms with E-state index in [1.165, 1.54) is 6.33 Å². The summed E-state index contributed by atoms with van der Waals surface area (Å²) < 4.78 is 7.97. The number of aryl methyl sites for hydroxylation is 1. The third-order valence-corrected chi connectivity index (χ3v) is 5.18. The molecule has 8 heteroatoms. The number of ether oxygens (including phenoxy) is 1.